The Labute approximate surface area is 98.9 Å². The zero-order chi connectivity index (χ0) is 12.0. The monoisotopic (exact) mass is 232 g/mol. The van der Waals surface area contributed by atoms with Gasteiger partial charge in [-0.25, -0.2) is 0 Å². The highest BCUT2D eigenvalue weighted by Gasteiger charge is 1.98. The van der Waals surface area contributed by atoms with Gasteiger partial charge in [-0.3, -0.25) is 4.79 Å². The summed E-state index contributed by atoms with van der Waals surface area (Å²) in [5, 5.41) is 8.95. The SMILES string of the molecule is CC(=O)SCC=Cc1cc(N)ccc1C#N. The number of thioether (sulfide) groups is 1. The van der Waals surface area contributed by atoms with Crippen LogP contribution in [0.4, 0.5) is 5.69 Å². The molecule has 4 heteroatoms. The highest BCUT2D eigenvalue weighted by Crippen LogP contribution is 2.15. The zero-order valence-corrected chi connectivity index (χ0v) is 9.75. The van der Waals surface area contributed by atoms with Gasteiger partial charge < -0.3 is 5.73 Å². The molecular formula is C12H12N2OS. The molecule has 1 rings (SSSR count). The molecule has 0 saturated heterocycles. The maximum Gasteiger partial charge on any atom is 0.186 e. The highest BCUT2D eigenvalue weighted by atomic mass is 32.2. The van der Waals surface area contributed by atoms with Crippen molar-refractivity contribution in [2.75, 3.05) is 11.5 Å². The van der Waals surface area contributed by atoms with E-state index in [9.17, 15) is 4.79 Å². The molecule has 0 saturated carbocycles. The summed E-state index contributed by atoms with van der Waals surface area (Å²) in [6.07, 6.45) is 3.66. The van der Waals surface area contributed by atoms with Crippen molar-refractivity contribution >= 4 is 28.6 Å². The van der Waals surface area contributed by atoms with Crippen LogP contribution in [0.25, 0.3) is 6.08 Å². The minimum Gasteiger partial charge on any atom is -0.399 e. The van der Waals surface area contributed by atoms with Crippen molar-refractivity contribution in [3.8, 4) is 6.07 Å². The number of rotatable bonds is 3. The molecule has 82 valence electrons. The van der Waals surface area contributed by atoms with Gasteiger partial charge in [0, 0.05) is 18.4 Å². The Hall–Kier alpha value is -1.73. The third-order valence-electron chi connectivity index (χ3n) is 1.88. The fourth-order valence-electron chi connectivity index (χ4n) is 1.16. The molecule has 0 fully saturated rings. The number of anilines is 1. The number of nitriles is 1. The molecule has 0 amide bonds. The van der Waals surface area contributed by atoms with Crippen LogP contribution in [0.3, 0.4) is 0 Å². The lowest BCUT2D eigenvalue weighted by Gasteiger charge is -1.99. The number of hydrogen-bond acceptors (Lipinski definition) is 4. The lowest BCUT2D eigenvalue weighted by atomic mass is 10.1. The summed E-state index contributed by atoms with van der Waals surface area (Å²) in [5.41, 5.74) is 7.62. The standard InChI is InChI=1S/C12H12N2OS/c1-9(15)16-6-2-3-10-7-12(14)5-4-11(10)8-13/h2-5,7H,6,14H2,1H3. The Kier molecular flexibility index (Phi) is 4.62. The van der Waals surface area contributed by atoms with E-state index in [2.05, 4.69) is 6.07 Å². The average molecular weight is 232 g/mol. The average Bonchev–Trinajstić information content (AvgIpc) is 2.24. The Morgan fingerprint density at radius 1 is 1.62 bits per heavy atom. The molecule has 2 N–H and O–H groups in total. The maximum absolute atomic E-state index is 10.7. The van der Waals surface area contributed by atoms with Crippen molar-refractivity contribution in [2.24, 2.45) is 0 Å². The molecule has 16 heavy (non-hydrogen) atoms. The van der Waals surface area contributed by atoms with Gasteiger partial charge in [-0.05, 0) is 23.8 Å². The molecule has 0 radical (unpaired) electrons. The minimum atomic E-state index is 0.0812. The summed E-state index contributed by atoms with van der Waals surface area (Å²) in [7, 11) is 0. The van der Waals surface area contributed by atoms with Crippen LogP contribution in [-0.2, 0) is 4.79 Å². The number of nitrogens with zero attached hydrogens (tertiary/aromatic N) is 1. The summed E-state index contributed by atoms with van der Waals surface area (Å²) in [5.74, 6) is 0.606. The van der Waals surface area contributed by atoms with Gasteiger partial charge in [0.05, 0.1) is 11.6 Å². The Morgan fingerprint density at radius 3 is 3.00 bits per heavy atom. The molecule has 0 bridgehead atoms. The van der Waals surface area contributed by atoms with Crippen molar-refractivity contribution in [3.05, 3.63) is 35.4 Å². The number of carbonyl (C=O) groups excluding carboxylic acids is 1. The lowest BCUT2D eigenvalue weighted by molar-refractivity contribution is -0.109. The summed E-state index contributed by atoms with van der Waals surface area (Å²) in [4.78, 5) is 10.7. The summed E-state index contributed by atoms with van der Waals surface area (Å²) in [6.45, 7) is 1.53. The predicted octanol–water partition coefficient (Wildman–Crippen LogP) is 2.43. The van der Waals surface area contributed by atoms with Crippen LogP contribution in [0.1, 0.15) is 18.1 Å². The topological polar surface area (TPSA) is 66.9 Å². The van der Waals surface area contributed by atoms with E-state index in [-0.39, 0.29) is 5.12 Å². The summed E-state index contributed by atoms with van der Waals surface area (Å²) in [6, 6.07) is 7.22. The van der Waals surface area contributed by atoms with E-state index in [1.54, 1.807) is 18.2 Å². The van der Waals surface area contributed by atoms with E-state index in [1.165, 1.54) is 18.7 Å². The molecular weight excluding hydrogens is 220 g/mol. The number of nitrogens with two attached hydrogens (primary N) is 1. The molecule has 0 aliphatic rings. The van der Waals surface area contributed by atoms with E-state index in [4.69, 9.17) is 11.0 Å². The molecule has 1 aromatic carbocycles. The molecule has 3 nitrogen and oxygen atoms in total. The third-order valence-corrected chi connectivity index (χ3v) is 2.64. The zero-order valence-electron chi connectivity index (χ0n) is 8.93. The number of benzene rings is 1. The number of carbonyl (C=O) groups is 1. The summed E-state index contributed by atoms with van der Waals surface area (Å²) >= 11 is 1.23. The highest BCUT2D eigenvalue weighted by molar-refractivity contribution is 8.13. The molecule has 0 unspecified atom stereocenters. The van der Waals surface area contributed by atoms with Gasteiger partial charge in [-0.2, -0.15) is 5.26 Å². The molecule has 0 spiro atoms. The van der Waals surface area contributed by atoms with Crippen molar-refractivity contribution in [3.63, 3.8) is 0 Å². The third kappa shape index (κ3) is 3.79. The Morgan fingerprint density at radius 2 is 2.38 bits per heavy atom. The minimum absolute atomic E-state index is 0.0812. The smallest absolute Gasteiger partial charge is 0.186 e. The van der Waals surface area contributed by atoms with Crippen molar-refractivity contribution in [1.82, 2.24) is 0 Å². The second-order valence-corrected chi connectivity index (χ2v) is 4.36. The molecule has 0 heterocycles. The van der Waals surface area contributed by atoms with Gasteiger partial charge in [0.15, 0.2) is 5.12 Å². The Balaban J connectivity index is 2.76. The van der Waals surface area contributed by atoms with Crippen molar-refractivity contribution in [2.45, 2.75) is 6.92 Å². The second-order valence-electron chi connectivity index (χ2n) is 3.16. The van der Waals surface area contributed by atoms with Crippen LogP contribution in [-0.4, -0.2) is 10.9 Å². The van der Waals surface area contributed by atoms with Crippen molar-refractivity contribution in [1.29, 1.82) is 5.26 Å². The second kappa shape index (κ2) is 5.99. The van der Waals surface area contributed by atoms with Crippen molar-refractivity contribution < 1.29 is 4.79 Å². The largest absolute Gasteiger partial charge is 0.399 e. The molecule has 0 atom stereocenters. The number of hydrogen-bond donors (Lipinski definition) is 1. The van der Waals surface area contributed by atoms with E-state index in [1.807, 2.05) is 12.2 Å². The Bertz CT molecular complexity index is 461. The van der Waals surface area contributed by atoms with Gasteiger partial charge in [0.2, 0.25) is 0 Å². The first-order valence-electron chi connectivity index (χ1n) is 4.73. The van der Waals surface area contributed by atoms with E-state index >= 15 is 0 Å². The quantitative estimate of drug-likeness (QED) is 0.813. The molecule has 0 aromatic heterocycles. The summed E-state index contributed by atoms with van der Waals surface area (Å²) < 4.78 is 0. The van der Waals surface area contributed by atoms with Crippen LogP contribution in [0.2, 0.25) is 0 Å². The fraction of sp³-hybridized carbons (Fsp3) is 0.167. The van der Waals surface area contributed by atoms with E-state index in [0.29, 0.717) is 17.0 Å². The van der Waals surface area contributed by atoms with Crippen LogP contribution in [0.5, 0.6) is 0 Å². The van der Waals surface area contributed by atoms with Crippen LogP contribution in [0.15, 0.2) is 24.3 Å². The predicted molar refractivity (Wildman–Crippen MR) is 67.7 cm³/mol. The normalized spacial score (nSPS) is 10.2. The first-order valence-corrected chi connectivity index (χ1v) is 5.71. The van der Waals surface area contributed by atoms with Gasteiger partial charge in [-0.15, -0.1) is 0 Å². The van der Waals surface area contributed by atoms with E-state index < -0.39 is 0 Å². The molecule has 1 aromatic rings. The van der Waals surface area contributed by atoms with Crippen LogP contribution in [0, 0.1) is 11.3 Å². The lowest BCUT2D eigenvalue weighted by Crippen LogP contribution is -1.88. The van der Waals surface area contributed by atoms with Gasteiger partial charge in [-0.1, -0.05) is 23.9 Å². The maximum atomic E-state index is 10.7. The molecule has 0 aliphatic heterocycles. The van der Waals surface area contributed by atoms with Gasteiger partial charge in [0.1, 0.15) is 0 Å². The fourth-order valence-corrected chi connectivity index (χ4v) is 1.59. The number of nitrogen functional groups attached to an aromatic ring is 1. The van der Waals surface area contributed by atoms with E-state index in [0.717, 1.165) is 5.56 Å². The molecule has 0 aliphatic carbocycles. The van der Waals surface area contributed by atoms with Crippen LogP contribution < -0.4 is 5.73 Å². The van der Waals surface area contributed by atoms with Crippen LogP contribution >= 0.6 is 11.8 Å². The first kappa shape index (κ1) is 12.3. The van der Waals surface area contributed by atoms with Gasteiger partial charge in [0.25, 0.3) is 0 Å². The van der Waals surface area contributed by atoms with Gasteiger partial charge >= 0.3 is 0 Å². The first-order chi connectivity index (χ1) is 7.63.